The third-order valence-electron chi connectivity index (χ3n) is 3.70. The van der Waals surface area contributed by atoms with E-state index in [1.54, 1.807) is 12.1 Å². The summed E-state index contributed by atoms with van der Waals surface area (Å²) in [6, 6.07) is 12.1. The van der Waals surface area contributed by atoms with E-state index in [1.165, 1.54) is 17.7 Å². The molecule has 3 aromatic rings. The van der Waals surface area contributed by atoms with Crippen LogP contribution in [0.25, 0.3) is 22.6 Å². The average Bonchev–Trinajstić information content (AvgIpc) is 2.88. The molecular formula is C19H18F3NO. The number of hydrogen-bond acceptors (Lipinski definition) is 2. The summed E-state index contributed by atoms with van der Waals surface area (Å²) in [6.07, 6.45) is -4.17. The van der Waals surface area contributed by atoms with E-state index in [2.05, 4.69) is 18.8 Å². The molecule has 126 valence electrons. The summed E-state index contributed by atoms with van der Waals surface area (Å²) in [4.78, 5) is 4.47. The second-order valence-corrected chi connectivity index (χ2v) is 6.41. The molecule has 0 bridgehead atoms. The predicted molar refractivity (Wildman–Crippen MR) is 87.7 cm³/mol. The lowest BCUT2D eigenvalue weighted by molar-refractivity contribution is -0.127. The van der Waals surface area contributed by atoms with E-state index < -0.39 is 12.6 Å². The second-order valence-electron chi connectivity index (χ2n) is 6.41. The highest BCUT2D eigenvalue weighted by molar-refractivity contribution is 5.77. The molecule has 0 aliphatic heterocycles. The molecule has 5 heteroatoms. The monoisotopic (exact) mass is 333 g/mol. The van der Waals surface area contributed by atoms with Crippen LogP contribution in [0.4, 0.5) is 13.2 Å². The highest BCUT2D eigenvalue weighted by atomic mass is 19.4. The summed E-state index contributed by atoms with van der Waals surface area (Å²) in [6.45, 7) is 4.31. The fourth-order valence-corrected chi connectivity index (χ4v) is 2.69. The van der Waals surface area contributed by atoms with Crippen molar-refractivity contribution in [2.45, 2.75) is 32.9 Å². The van der Waals surface area contributed by atoms with E-state index in [9.17, 15) is 13.2 Å². The van der Waals surface area contributed by atoms with Crippen molar-refractivity contribution in [2.24, 2.45) is 5.92 Å². The van der Waals surface area contributed by atoms with Gasteiger partial charge in [0.2, 0.25) is 5.89 Å². The summed E-state index contributed by atoms with van der Waals surface area (Å²) in [5, 5.41) is 0. The second kappa shape index (κ2) is 6.30. The number of rotatable bonds is 4. The SMILES string of the molecule is CC(C)Cc1ccc2oc(-c3ccc(CC(F)(F)F)cc3)nc2c1. The highest BCUT2D eigenvalue weighted by Crippen LogP contribution is 2.27. The summed E-state index contributed by atoms with van der Waals surface area (Å²) in [5.41, 5.74) is 3.53. The van der Waals surface area contributed by atoms with Crippen LogP contribution in [0.3, 0.4) is 0 Å². The lowest BCUT2D eigenvalue weighted by atomic mass is 10.0. The zero-order valence-corrected chi connectivity index (χ0v) is 13.5. The molecule has 24 heavy (non-hydrogen) atoms. The third kappa shape index (κ3) is 3.96. The zero-order valence-electron chi connectivity index (χ0n) is 13.5. The lowest BCUT2D eigenvalue weighted by Gasteiger charge is -2.06. The van der Waals surface area contributed by atoms with Gasteiger partial charge in [-0.05, 0) is 47.7 Å². The van der Waals surface area contributed by atoms with E-state index in [1.807, 2.05) is 18.2 Å². The molecule has 0 amide bonds. The van der Waals surface area contributed by atoms with Crippen LogP contribution >= 0.6 is 0 Å². The minimum atomic E-state index is -4.20. The Hall–Kier alpha value is -2.30. The number of aromatic nitrogens is 1. The van der Waals surface area contributed by atoms with Crippen molar-refractivity contribution in [1.29, 1.82) is 0 Å². The molecule has 1 aromatic heterocycles. The number of fused-ring (bicyclic) bond motifs is 1. The van der Waals surface area contributed by atoms with E-state index in [4.69, 9.17) is 4.42 Å². The molecule has 0 N–H and O–H groups in total. The van der Waals surface area contributed by atoms with Gasteiger partial charge < -0.3 is 4.42 Å². The summed E-state index contributed by atoms with van der Waals surface area (Å²) < 4.78 is 42.9. The molecule has 0 atom stereocenters. The highest BCUT2D eigenvalue weighted by Gasteiger charge is 2.27. The summed E-state index contributed by atoms with van der Waals surface area (Å²) in [5.74, 6) is 0.972. The Kier molecular flexibility index (Phi) is 4.35. The minimum Gasteiger partial charge on any atom is -0.436 e. The number of hydrogen-bond donors (Lipinski definition) is 0. The number of alkyl halides is 3. The molecular weight excluding hydrogens is 315 g/mol. The van der Waals surface area contributed by atoms with Crippen LogP contribution in [-0.2, 0) is 12.8 Å². The number of halogens is 3. The first kappa shape index (κ1) is 16.6. The Balaban J connectivity index is 1.86. The Morgan fingerprint density at radius 1 is 1.00 bits per heavy atom. The van der Waals surface area contributed by atoms with Crippen molar-refractivity contribution in [3.05, 3.63) is 53.6 Å². The Morgan fingerprint density at radius 3 is 2.29 bits per heavy atom. The van der Waals surface area contributed by atoms with Gasteiger partial charge in [0.1, 0.15) is 5.52 Å². The molecule has 0 aliphatic carbocycles. The zero-order chi connectivity index (χ0) is 17.3. The Morgan fingerprint density at radius 2 is 1.67 bits per heavy atom. The van der Waals surface area contributed by atoms with Crippen LogP contribution in [0, 0.1) is 5.92 Å². The molecule has 1 heterocycles. The van der Waals surface area contributed by atoms with Crippen LogP contribution in [-0.4, -0.2) is 11.2 Å². The quantitative estimate of drug-likeness (QED) is 0.603. The van der Waals surface area contributed by atoms with Gasteiger partial charge in [0.05, 0.1) is 6.42 Å². The normalized spacial score (nSPS) is 12.2. The van der Waals surface area contributed by atoms with Crippen molar-refractivity contribution < 1.29 is 17.6 Å². The lowest BCUT2D eigenvalue weighted by Crippen LogP contribution is -2.11. The molecule has 0 aliphatic rings. The fraction of sp³-hybridized carbons (Fsp3) is 0.316. The van der Waals surface area contributed by atoms with Gasteiger partial charge in [0.15, 0.2) is 5.58 Å². The molecule has 0 saturated heterocycles. The molecule has 0 spiro atoms. The van der Waals surface area contributed by atoms with Crippen molar-refractivity contribution in [1.82, 2.24) is 4.98 Å². The molecule has 0 saturated carbocycles. The maximum Gasteiger partial charge on any atom is 0.393 e. The van der Waals surface area contributed by atoms with E-state index in [-0.39, 0.29) is 5.56 Å². The molecule has 0 radical (unpaired) electrons. The van der Waals surface area contributed by atoms with Gasteiger partial charge in [-0.1, -0.05) is 32.0 Å². The van der Waals surface area contributed by atoms with E-state index in [0.29, 0.717) is 23.0 Å². The van der Waals surface area contributed by atoms with Crippen molar-refractivity contribution >= 4 is 11.1 Å². The van der Waals surface area contributed by atoms with Crippen LogP contribution in [0.15, 0.2) is 46.9 Å². The van der Waals surface area contributed by atoms with E-state index in [0.717, 1.165) is 11.9 Å². The molecule has 2 aromatic carbocycles. The van der Waals surface area contributed by atoms with Crippen molar-refractivity contribution in [3.63, 3.8) is 0 Å². The van der Waals surface area contributed by atoms with Gasteiger partial charge in [0.25, 0.3) is 0 Å². The van der Waals surface area contributed by atoms with Gasteiger partial charge in [-0.25, -0.2) is 4.98 Å². The molecule has 2 nitrogen and oxygen atoms in total. The van der Waals surface area contributed by atoms with Gasteiger partial charge in [-0.15, -0.1) is 0 Å². The Bertz CT molecular complexity index is 832. The standard InChI is InChI=1S/C19H18F3NO/c1-12(2)9-14-5-8-17-16(10-14)23-18(24-17)15-6-3-13(4-7-15)11-19(20,21)22/h3-8,10,12H,9,11H2,1-2H3. The van der Waals surface area contributed by atoms with Crippen molar-refractivity contribution in [3.8, 4) is 11.5 Å². The smallest absolute Gasteiger partial charge is 0.393 e. The molecule has 0 fully saturated rings. The average molecular weight is 333 g/mol. The number of nitrogens with zero attached hydrogens (tertiary/aromatic N) is 1. The van der Waals surface area contributed by atoms with Gasteiger partial charge in [0, 0.05) is 5.56 Å². The van der Waals surface area contributed by atoms with Crippen molar-refractivity contribution in [2.75, 3.05) is 0 Å². The van der Waals surface area contributed by atoms with Gasteiger partial charge in [-0.3, -0.25) is 0 Å². The first-order valence-corrected chi connectivity index (χ1v) is 7.86. The van der Waals surface area contributed by atoms with Crippen LogP contribution in [0.2, 0.25) is 0 Å². The molecule has 3 rings (SSSR count). The van der Waals surface area contributed by atoms with Gasteiger partial charge in [-0.2, -0.15) is 13.2 Å². The summed E-state index contributed by atoms with van der Waals surface area (Å²) in [7, 11) is 0. The summed E-state index contributed by atoms with van der Waals surface area (Å²) >= 11 is 0. The topological polar surface area (TPSA) is 26.0 Å². The maximum absolute atomic E-state index is 12.4. The first-order chi connectivity index (χ1) is 11.3. The van der Waals surface area contributed by atoms with Crippen LogP contribution in [0.1, 0.15) is 25.0 Å². The van der Waals surface area contributed by atoms with Crippen LogP contribution < -0.4 is 0 Å². The molecule has 0 unspecified atom stereocenters. The number of oxazole rings is 1. The Labute approximate surface area is 138 Å². The van der Waals surface area contributed by atoms with E-state index >= 15 is 0 Å². The first-order valence-electron chi connectivity index (χ1n) is 7.86. The predicted octanol–water partition coefficient (Wildman–Crippen LogP) is 5.80. The van der Waals surface area contributed by atoms with Gasteiger partial charge >= 0.3 is 6.18 Å². The largest absolute Gasteiger partial charge is 0.436 e. The number of benzene rings is 2. The third-order valence-corrected chi connectivity index (χ3v) is 3.70. The maximum atomic E-state index is 12.4. The van der Waals surface area contributed by atoms with Crippen LogP contribution in [0.5, 0.6) is 0 Å². The minimum absolute atomic E-state index is 0.224. The fourth-order valence-electron chi connectivity index (χ4n) is 2.69.